The fourth-order valence-corrected chi connectivity index (χ4v) is 2.91. The molecule has 0 aliphatic carbocycles. The van der Waals surface area contributed by atoms with Gasteiger partial charge in [0.05, 0.1) is 0 Å². The number of nitrogens with zero attached hydrogens (tertiary/aromatic N) is 2. The van der Waals surface area contributed by atoms with Crippen molar-refractivity contribution >= 4 is 11.9 Å². The predicted octanol–water partition coefficient (Wildman–Crippen LogP) is 2.32. The second-order valence-corrected chi connectivity index (χ2v) is 6.25. The number of urea groups is 1. The smallest absolute Gasteiger partial charge is 0.314 e. The minimum Gasteiger partial charge on any atom is -0.351 e. The lowest BCUT2D eigenvalue weighted by Crippen LogP contribution is -2.39. The predicted molar refractivity (Wildman–Crippen MR) is 91.1 cm³/mol. The quantitative estimate of drug-likeness (QED) is 0.847. The average Bonchev–Trinajstić information content (AvgIpc) is 2.79. The number of unbranched alkanes of at least 4 members (excludes halogenated alkanes) is 1. The molecule has 0 atom stereocenters. The van der Waals surface area contributed by atoms with E-state index in [0.29, 0.717) is 26.1 Å². The molecule has 1 aromatic carbocycles. The third-order valence-electron chi connectivity index (χ3n) is 4.39. The molecule has 2 rings (SSSR count). The highest BCUT2D eigenvalue weighted by Crippen LogP contribution is 2.11. The fraction of sp³-hybridized carbons (Fsp3) is 0.556. The van der Waals surface area contributed by atoms with E-state index in [-0.39, 0.29) is 5.91 Å². The highest BCUT2D eigenvalue weighted by atomic mass is 16.2. The Balaban J connectivity index is 1.68. The molecule has 1 aliphatic heterocycles. The van der Waals surface area contributed by atoms with Gasteiger partial charge in [0, 0.05) is 32.6 Å². The molecule has 0 spiro atoms. The topological polar surface area (TPSA) is 66.6 Å². The zero-order valence-electron chi connectivity index (χ0n) is 14.0. The summed E-state index contributed by atoms with van der Waals surface area (Å²) in [6.45, 7) is 4.60. The highest BCUT2D eigenvalue weighted by Gasteiger charge is 2.20. The van der Waals surface area contributed by atoms with Crippen LogP contribution >= 0.6 is 0 Å². The van der Waals surface area contributed by atoms with Gasteiger partial charge in [-0.1, -0.05) is 29.8 Å². The van der Waals surface area contributed by atoms with Gasteiger partial charge in [-0.25, -0.2) is 4.79 Å². The number of nitrogens with two attached hydrogens (primary N) is 1. The molecular formula is C18H27N3O2. The Morgan fingerprint density at radius 3 is 2.35 bits per heavy atom. The Labute approximate surface area is 138 Å². The lowest BCUT2D eigenvalue weighted by atomic mass is 10.1. The van der Waals surface area contributed by atoms with E-state index in [9.17, 15) is 9.59 Å². The van der Waals surface area contributed by atoms with Crippen LogP contribution in [-0.4, -0.2) is 47.9 Å². The van der Waals surface area contributed by atoms with Crippen molar-refractivity contribution in [1.29, 1.82) is 0 Å². The maximum atomic E-state index is 12.3. The van der Waals surface area contributed by atoms with Crippen molar-refractivity contribution in [3.05, 3.63) is 35.4 Å². The number of carbonyl (C=O) groups excluding carboxylic acids is 2. The molecule has 3 amide bonds. The van der Waals surface area contributed by atoms with Crippen molar-refractivity contribution in [1.82, 2.24) is 9.80 Å². The van der Waals surface area contributed by atoms with Gasteiger partial charge in [-0.3, -0.25) is 4.79 Å². The molecule has 1 saturated heterocycles. The number of primary amides is 1. The number of hydrogen-bond donors (Lipinski definition) is 1. The van der Waals surface area contributed by atoms with Crippen LogP contribution in [0.2, 0.25) is 0 Å². The molecule has 5 heteroatoms. The van der Waals surface area contributed by atoms with Crippen LogP contribution in [0.25, 0.3) is 0 Å². The first-order valence-corrected chi connectivity index (χ1v) is 8.44. The normalized spacial score (nSPS) is 15.3. The zero-order chi connectivity index (χ0) is 16.7. The van der Waals surface area contributed by atoms with E-state index in [1.165, 1.54) is 11.1 Å². The van der Waals surface area contributed by atoms with Gasteiger partial charge in [0.15, 0.2) is 0 Å². The number of aryl methyl sites for hydroxylation is 2. The molecule has 0 radical (unpaired) electrons. The van der Waals surface area contributed by atoms with Crippen molar-refractivity contribution in [2.24, 2.45) is 5.73 Å². The van der Waals surface area contributed by atoms with Crippen LogP contribution in [0.15, 0.2) is 24.3 Å². The Bertz CT molecular complexity index is 528. The average molecular weight is 317 g/mol. The van der Waals surface area contributed by atoms with Gasteiger partial charge < -0.3 is 15.5 Å². The summed E-state index contributed by atoms with van der Waals surface area (Å²) in [5.74, 6) is 0.195. The SMILES string of the molecule is Cc1ccc(CCCCC(=O)N2CCCN(C(N)=O)CC2)cc1. The van der Waals surface area contributed by atoms with Crippen LogP contribution in [0.4, 0.5) is 4.79 Å². The largest absolute Gasteiger partial charge is 0.351 e. The van der Waals surface area contributed by atoms with Gasteiger partial charge in [0.25, 0.3) is 0 Å². The number of benzene rings is 1. The van der Waals surface area contributed by atoms with E-state index in [1.807, 2.05) is 4.90 Å². The maximum absolute atomic E-state index is 12.3. The second-order valence-electron chi connectivity index (χ2n) is 6.25. The van der Waals surface area contributed by atoms with E-state index < -0.39 is 6.03 Å². The molecule has 0 aromatic heterocycles. The van der Waals surface area contributed by atoms with E-state index in [0.717, 1.165) is 32.2 Å². The summed E-state index contributed by atoms with van der Waals surface area (Å²) in [6, 6.07) is 8.18. The standard InChI is InChI=1S/C18H27N3O2/c1-15-7-9-16(10-8-15)5-2-3-6-17(22)20-11-4-12-21(14-13-20)18(19)23/h7-10H,2-6,11-14H2,1H3,(H2,19,23). The van der Waals surface area contributed by atoms with E-state index in [2.05, 4.69) is 31.2 Å². The summed E-state index contributed by atoms with van der Waals surface area (Å²) in [4.78, 5) is 27.0. The molecule has 5 nitrogen and oxygen atoms in total. The number of hydrogen-bond acceptors (Lipinski definition) is 2. The first-order chi connectivity index (χ1) is 11.1. The molecule has 2 N–H and O–H groups in total. The van der Waals surface area contributed by atoms with Gasteiger partial charge in [-0.05, 0) is 38.2 Å². The third kappa shape index (κ3) is 5.58. The van der Waals surface area contributed by atoms with Crippen LogP contribution in [0.1, 0.15) is 36.8 Å². The molecule has 1 aromatic rings. The van der Waals surface area contributed by atoms with Crippen LogP contribution in [-0.2, 0) is 11.2 Å². The van der Waals surface area contributed by atoms with Crippen molar-refractivity contribution in [3.8, 4) is 0 Å². The van der Waals surface area contributed by atoms with Gasteiger partial charge in [0.2, 0.25) is 5.91 Å². The molecule has 1 heterocycles. The van der Waals surface area contributed by atoms with Crippen LogP contribution in [0, 0.1) is 6.92 Å². The summed E-state index contributed by atoms with van der Waals surface area (Å²) >= 11 is 0. The molecule has 0 bridgehead atoms. The monoisotopic (exact) mass is 317 g/mol. The Kier molecular flexibility index (Phi) is 6.44. The van der Waals surface area contributed by atoms with E-state index in [1.54, 1.807) is 4.90 Å². The maximum Gasteiger partial charge on any atom is 0.314 e. The third-order valence-corrected chi connectivity index (χ3v) is 4.39. The minimum atomic E-state index is -0.391. The van der Waals surface area contributed by atoms with Crippen molar-refractivity contribution in [2.45, 2.75) is 39.0 Å². The molecule has 0 saturated carbocycles. The number of rotatable bonds is 5. The Morgan fingerprint density at radius 1 is 1.00 bits per heavy atom. The molecule has 1 fully saturated rings. The first-order valence-electron chi connectivity index (χ1n) is 8.44. The van der Waals surface area contributed by atoms with Crippen molar-refractivity contribution < 1.29 is 9.59 Å². The van der Waals surface area contributed by atoms with Gasteiger partial charge >= 0.3 is 6.03 Å². The second kappa shape index (κ2) is 8.56. The summed E-state index contributed by atoms with van der Waals surface area (Å²) < 4.78 is 0. The summed E-state index contributed by atoms with van der Waals surface area (Å²) in [5, 5.41) is 0. The molecule has 23 heavy (non-hydrogen) atoms. The Hall–Kier alpha value is -2.04. The van der Waals surface area contributed by atoms with E-state index in [4.69, 9.17) is 5.73 Å². The summed E-state index contributed by atoms with van der Waals surface area (Å²) in [6.07, 6.45) is 4.34. The van der Waals surface area contributed by atoms with Gasteiger partial charge in [-0.2, -0.15) is 0 Å². The Morgan fingerprint density at radius 2 is 1.65 bits per heavy atom. The number of amides is 3. The van der Waals surface area contributed by atoms with Gasteiger partial charge in [-0.15, -0.1) is 0 Å². The fourth-order valence-electron chi connectivity index (χ4n) is 2.91. The molecule has 126 valence electrons. The van der Waals surface area contributed by atoms with Crippen LogP contribution < -0.4 is 5.73 Å². The van der Waals surface area contributed by atoms with Crippen molar-refractivity contribution in [2.75, 3.05) is 26.2 Å². The highest BCUT2D eigenvalue weighted by molar-refractivity contribution is 5.76. The summed E-state index contributed by atoms with van der Waals surface area (Å²) in [5.41, 5.74) is 7.91. The first kappa shape index (κ1) is 17.3. The molecule has 1 aliphatic rings. The van der Waals surface area contributed by atoms with E-state index >= 15 is 0 Å². The molecule has 0 unspecified atom stereocenters. The lowest BCUT2D eigenvalue weighted by Gasteiger charge is -2.21. The minimum absolute atomic E-state index is 0.195. The lowest BCUT2D eigenvalue weighted by molar-refractivity contribution is -0.131. The van der Waals surface area contributed by atoms with Crippen molar-refractivity contribution in [3.63, 3.8) is 0 Å². The van der Waals surface area contributed by atoms with Gasteiger partial charge in [0.1, 0.15) is 0 Å². The van der Waals surface area contributed by atoms with Crippen LogP contribution in [0.5, 0.6) is 0 Å². The number of carbonyl (C=O) groups is 2. The summed E-state index contributed by atoms with van der Waals surface area (Å²) in [7, 11) is 0. The zero-order valence-corrected chi connectivity index (χ0v) is 14.0. The van der Waals surface area contributed by atoms with Crippen LogP contribution in [0.3, 0.4) is 0 Å². The molecular weight excluding hydrogens is 290 g/mol.